The molecular weight excluding hydrogens is 492 g/mol. The zero-order chi connectivity index (χ0) is 26.7. The van der Waals surface area contributed by atoms with Gasteiger partial charge in [-0.3, -0.25) is 9.36 Å². The van der Waals surface area contributed by atoms with Gasteiger partial charge >= 0.3 is 6.09 Å². The van der Waals surface area contributed by atoms with Crippen molar-refractivity contribution in [1.29, 1.82) is 0 Å². The average Bonchev–Trinajstić information content (AvgIpc) is 2.88. The summed E-state index contributed by atoms with van der Waals surface area (Å²) in [4.78, 5) is 26.3. The highest BCUT2D eigenvalue weighted by Gasteiger charge is 2.33. The molecule has 9 heteroatoms. The SMILES string of the molecule is CCC(C)c1ccc(C2CC(Oc3ccn(-c4ccc(S(C)(=O)=O)cc4)c(=O)c3)CCN2C(=O)O)cc1. The van der Waals surface area contributed by atoms with Gasteiger partial charge in [0.2, 0.25) is 0 Å². The Morgan fingerprint density at radius 3 is 2.35 bits per heavy atom. The summed E-state index contributed by atoms with van der Waals surface area (Å²) in [6.07, 6.45) is 3.54. The maximum Gasteiger partial charge on any atom is 0.407 e. The minimum absolute atomic E-state index is 0.182. The van der Waals surface area contributed by atoms with E-state index in [1.54, 1.807) is 24.4 Å². The van der Waals surface area contributed by atoms with Crippen LogP contribution in [0.1, 0.15) is 56.2 Å². The van der Waals surface area contributed by atoms with E-state index in [2.05, 4.69) is 26.0 Å². The van der Waals surface area contributed by atoms with Crippen LogP contribution < -0.4 is 10.3 Å². The molecule has 3 atom stereocenters. The predicted molar refractivity (Wildman–Crippen MR) is 141 cm³/mol. The Morgan fingerprint density at radius 2 is 1.78 bits per heavy atom. The number of amides is 1. The van der Waals surface area contributed by atoms with Crippen LogP contribution in [-0.2, 0) is 9.84 Å². The molecule has 3 unspecified atom stereocenters. The molecule has 8 nitrogen and oxygen atoms in total. The van der Waals surface area contributed by atoms with Gasteiger partial charge in [-0.15, -0.1) is 0 Å². The number of rotatable bonds is 7. The van der Waals surface area contributed by atoms with Crippen molar-refractivity contribution in [2.24, 2.45) is 0 Å². The zero-order valence-corrected chi connectivity index (χ0v) is 22.0. The molecule has 0 spiro atoms. The highest BCUT2D eigenvalue weighted by Crippen LogP contribution is 2.34. The lowest BCUT2D eigenvalue weighted by molar-refractivity contribution is 0.0538. The Kier molecular flexibility index (Phi) is 7.73. The fourth-order valence-corrected chi connectivity index (χ4v) is 5.29. The number of carboxylic acid groups (broad SMARTS) is 1. The van der Waals surface area contributed by atoms with Crippen LogP contribution in [0.25, 0.3) is 5.69 Å². The molecule has 1 saturated heterocycles. The first-order valence-corrected chi connectivity index (χ1v) is 14.2. The Labute approximate surface area is 217 Å². The van der Waals surface area contributed by atoms with Crippen molar-refractivity contribution in [3.05, 3.63) is 88.3 Å². The van der Waals surface area contributed by atoms with Crippen molar-refractivity contribution >= 4 is 15.9 Å². The highest BCUT2D eigenvalue weighted by molar-refractivity contribution is 7.90. The summed E-state index contributed by atoms with van der Waals surface area (Å²) in [5.74, 6) is 0.848. The van der Waals surface area contributed by atoms with Crippen LogP contribution >= 0.6 is 0 Å². The molecule has 2 heterocycles. The van der Waals surface area contributed by atoms with Crippen LogP contribution in [0.2, 0.25) is 0 Å². The minimum Gasteiger partial charge on any atom is -0.490 e. The predicted octanol–water partition coefficient (Wildman–Crippen LogP) is 5.02. The van der Waals surface area contributed by atoms with Crippen molar-refractivity contribution in [2.75, 3.05) is 12.8 Å². The first kappa shape index (κ1) is 26.5. The molecule has 0 bridgehead atoms. The van der Waals surface area contributed by atoms with Gasteiger partial charge in [-0.1, -0.05) is 38.1 Å². The number of benzene rings is 2. The summed E-state index contributed by atoms with van der Waals surface area (Å²) in [5, 5.41) is 9.77. The van der Waals surface area contributed by atoms with Crippen LogP contribution in [-0.4, -0.2) is 48.0 Å². The van der Waals surface area contributed by atoms with E-state index in [0.717, 1.165) is 18.2 Å². The molecule has 1 aromatic heterocycles. The lowest BCUT2D eigenvalue weighted by Crippen LogP contribution is -2.43. The van der Waals surface area contributed by atoms with Crippen molar-refractivity contribution in [3.8, 4) is 11.4 Å². The van der Waals surface area contributed by atoms with E-state index in [1.807, 2.05) is 12.1 Å². The van der Waals surface area contributed by atoms with Gasteiger partial charge in [-0.2, -0.15) is 0 Å². The van der Waals surface area contributed by atoms with Gasteiger partial charge in [0.15, 0.2) is 9.84 Å². The lowest BCUT2D eigenvalue weighted by Gasteiger charge is -2.38. The van der Waals surface area contributed by atoms with Gasteiger partial charge in [0.25, 0.3) is 5.56 Å². The van der Waals surface area contributed by atoms with Crippen LogP contribution in [0.3, 0.4) is 0 Å². The second-order valence-electron chi connectivity index (χ2n) is 9.57. The Morgan fingerprint density at radius 1 is 1.11 bits per heavy atom. The number of aromatic nitrogens is 1. The van der Waals surface area contributed by atoms with Crippen LogP contribution in [0.15, 0.2) is 76.6 Å². The summed E-state index contributed by atoms with van der Waals surface area (Å²) in [7, 11) is -3.32. The van der Waals surface area contributed by atoms with Crippen molar-refractivity contribution in [1.82, 2.24) is 9.47 Å². The van der Waals surface area contributed by atoms with Crippen molar-refractivity contribution < 1.29 is 23.1 Å². The van der Waals surface area contributed by atoms with Crippen LogP contribution in [0.5, 0.6) is 5.75 Å². The van der Waals surface area contributed by atoms with Gasteiger partial charge in [-0.05, 0) is 53.8 Å². The molecule has 4 rings (SSSR count). The minimum atomic E-state index is -3.32. The lowest BCUT2D eigenvalue weighted by atomic mass is 9.91. The van der Waals surface area contributed by atoms with E-state index in [0.29, 0.717) is 36.7 Å². The quantitative estimate of drug-likeness (QED) is 0.465. The topological polar surface area (TPSA) is 106 Å². The molecule has 1 aliphatic rings. The molecule has 3 aromatic rings. The molecule has 0 saturated carbocycles. The molecular formula is C28H32N2O6S. The normalized spacial score (nSPS) is 18.8. The standard InChI is InChI=1S/C28H32N2O6S/c1-4-19(2)20-5-7-21(8-6-20)26-17-23(14-16-30(26)28(32)33)36-24-13-15-29(27(31)18-24)22-9-11-25(12-10-22)37(3,34)35/h5-13,15,18-19,23,26H,4,14,16-17H2,1-3H3,(H,32,33). The third kappa shape index (κ3) is 6.05. The van der Waals surface area contributed by atoms with Crippen LogP contribution in [0, 0.1) is 0 Å². The Hall–Kier alpha value is -3.59. The molecule has 1 amide bonds. The van der Waals surface area contributed by atoms with Gasteiger partial charge in [0.05, 0.1) is 10.9 Å². The first-order chi connectivity index (χ1) is 17.6. The van der Waals surface area contributed by atoms with Gasteiger partial charge < -0.3 is 14.7 Å². The van der Waals surface area contributed by atoms with E-state index < -0.39 is 15.9 Å². The number of pyridine rings is 1. The number of ether oxygens (including phenoxy) is 1. The molecule has 37 heavy (non-hydrogen) atoms. The number of hydrogen-bond donors (Lipinski definition) is 1. The van der Waals surface area contributed by atoms with E-state index in [9.17, 15) is 23.1 Å². The number of piperidine rings is 1. The number of hydrogen-bond acceptors (Lipinski definition) is 5. The second kappa shape index (κ2) is 10.8. The Bertz CT molecular complexity index is 1410. The third-order valence-corrected chi connectivity index (χ3v) is 8.17. The smallest absolute Gasteiger partial charge is 0.407 e. The third-order valence-electron chi connectivity index (χ3n) is 7.04. The van der Waals surface area contributed by atoms with Gasteiger partial charge in [0, 0.05) is 43.6 Å². The monoisotopic (exact) mass is 524 g/mol. The van der Waals surface area contributed by atoms with Crippen molar-refractivity contribution in [2.45, 2.75) is 56.1 Å². The number of nitrogens with zero attached hydrogens (tertiary/aromatic N) is 2. The maximum absolute atomic E-state index is 12.8. The largest absolute Gasteiger partial charge is 0.490 e. The second-order valence-corrected chi connectivity index (χ2v) is 11.6. The summed E-state index contributed by atoms with van der Waals surface area (Å²) >= 11 is 0. The fourth-order valence-electron chi connectivity index (χ4n) is 4.66. The maximum atomic E-state index is 12.8. The van der Waals surface area contributed by atoms with Crippen LogP contribution in [0.4, 0.5) is 4.79 Å². The summed E-state index contributed by atoms with van der Waals surface area (Å²) in [5.41, 5.74) is 2.38. The molecule has 1 aliphatic heterocycles. The average molecular weight is 525 g/mol. The van der Waals surface area contributed by atoms with Gasteiger partial charge in [0.1, 0.15) is 11.9 Å². The molecule has 196 valence electrons. The first-order valence-electron chi connectivity index (χ1n) is 12.4. The summed E-state index contributed by atoms with van der Waals surface area (Å²) < 4.78 is 30.9. The highest BCUT2D eigenvalue weighted by atomic mass is 32.2. The van der Waals surface area contributed by atoms with E-state index in [4.69, 9.17) is 4.74 Å². The van der Waals surface area contributed by atoms with Gasteiger partial charge in [-0.25, -0.2) is 13.2 Å². The zero-order valence-electron chi connectivity index (χ0n) is 21.2. The number of carbonyl (C=O) groups is 1. The van der Waals surface area contributed by atoms with E-state index in [-0.39, 0.29) is 22.6 Å². The van der Waals surface area contributed by atoms with E-state index in [1.165, 1.54) is 33.2 Å². The Balaban J connectivity index is 1.50. The molecule has 1 fully saturated rings. The summed E-state index contributed by atoms with van der Waals surface area (Å²) in [6, 6.07) is 17.0. The summed E-state index contributed by atoms with van der Waals surface area (Å²) in [6.45, 7) is 4.64. The molecule has 1 N–H and O–H groups in total. The molecule has 0 aliphatic carbocycles. The fraction of sp³-hybridized carbons (Fsp3) is 0.357. The molecule has 0 radical (unpaired) electrons. The number of likely N-dealkylation sites (tertiary alicyclic amines) is 1. The van der Waals surface area contributed by atoms with Crippen molar-refractivity contribution in [3.63, 3.8) is 0 Å². The molecule has 2 aromatic carbocycles. The number of sulfone groups is 1. The van der Waals surface area contributed by atoms with E-state index >= 15 is 0 Å².